The van der Waals surface area contributed by atoms with Crippen LogP contribution < -0.4 is 10.6 Å². The first-order chi connectivity index (χ1) is 14.2. The molecule has 0 atom stereocenters. The van der Waals surface area contributed by atoms with E-state index in [9.17, 15) is 9.59 Å². The summed E-state index contributed by atoms with van der Waals surface area (Å²) in [7, 11) is 0. The highest BCUT2D eigenvalue weighted by Crippen LogP contribution is 2.22. The zero-order valence-electron chi connectivity index (χ0n) is 17.0. The van der Waals surface area contributed by atoms with Crippen LogP contribution in [0.3, 0.4) is 0 Å². The number of amides is 2. The molecule has 0 aliphatic rings. The second kappa shape index (κ2) is 9.41. The molecular formula is C24H23BrN2O2S. The van der Waals surface area contributed by atoms with E-state index in [1.54, 1.807) is 30.3 Å². The quantitative estimate of drug-likeness (QED) is 0.424. The van der Waals surface area contributed by atoms with Gasteiger partial charge in [-0.1, -0.05) is 54.9 Å². The summed E-state index contributed by atoms with van der Waals surface area (Å²) in [5, 5.41) is 7.52. The number of thiophene rings is 1. The van der Waals surface area contributed by atoms with Gasteiger partial charge in [-0.3, -0.25) is 9.59 Å². The standard InChI is InChI=1S/C24H23BrN2O2S/c1-24(2,3)17-8-6-16(7-9-17)22(28)27-21(15-20-5-4-14-30-20)23(29)26-19-12-10-18(25)11-13-19/h4-15H,1-3H3,(H,26,29)(H,27,28)/b21-15-. The van der Waals surface area contributed by atoms with Crippen molar-refractivity contribution in [1.82, 2.24) is 5.32 Å². The number of rotatable bonds is 5. The maximum atomic E-state index is 12.9. The smallest absolute Gasteiger partial charge is 0.272 e. The van der Waals surface area contributed by atoms with Crippen molar-refractivity contribution in [1.29, 1.82) is 0 Å². The molecule has 0 aliphatic heterocycles. The van der Waals surface area contributed by atoms with Gasteiger partial charge in [-0.15, -0.1) is 11.3 Å². The minimum absolute atomic E-state index is 0.00377. The Hall–Kier alpha value is -2.70. The highest BCUT2D eigenvalue weighted by atomic mass is 79.9. The van der Waals surface area contributed by atoms with Crippen molar-refractivity contribution in [3.8, 4) is 0 Å². The number of halogens is 1. The van der Waals surface area contributed by atoms with E-state index in [-0.39, 0.29) is 22.9 Å². The van der Waals surface area contributed by atoms with Gasteiger partial charge in [0, 0.05) is 20.6 Å². The lowest BCUT2D eigenvalue weighted by molar-refractivity contribution is -0.113. The largest absolute Gasteiger partial charge is 0.321 e. The van der Waals surface area contributed by atoms with Crippen molar-refractivity contribution >= 4 is 50.8 Å². The molecule has 4 nitrogen and oxygen atoms in total. The molecule has 2 aromatic carbocycles. The number of hydrogen-bond acceptors (Lipinski definition) is 3. The lowest BCUT2D eigenvalue weighted by atomic mass is 9.87. The van der Waals surface area contributed by atoms with Gasteiger partial charge >= 0.3 is 0 Å². The number of carbonyl (C=O) groups is 2. The van der Waals surface area contributed by atoms with Gasteiger partial charge in [0.1, 0.15) is 5.70 Å². The van der Waals surface area contributed by atoms with Crippen LogP contribution in [0.2, 0.25) is 0 Å². The fourth-order valence-electron chi connectivity index (χ4n) is 2.72. The number of carbonyl (C=O) groups excluding carboxylic acids is 2. The summed E-state index contributed by atoms with van der Waals surface area (Å²) in [6.45, 7) is 6.36. The van der Waals surface area contributed by atoms with E-state index in [0.717, 1.165) is 14.9 Å². The van der Waals surface area contributed by atoms with Gasteiger partial charge in [0.15, 0.2) is 0 Å². The van der Waals surface area contributed by atoms with Crippen molar-refractivity contribution in [2.24, 2.45) is 0 Å². The number of benzene rings is 2. The monoisotopic (exact) mass is 482 g/mol. The van der Waals surface area contributed by atoms with Gasteiger partial charge in [0.2, 0.25) is 0 Å². The second-order valence-corrected chi connectivity index (χ2v) is 9.71. The molecule has 0 fully saturated rings. The van der Waals surface area contributed by atoms with E-state index in [2.05, 4.69) is 47.3 Å². The number of nitrogens with one attached hydrogen (secondary N) is 2. The minimum atomic E-state index is -0.384. The Morgan fingerprint density at radius 1 is 0.967 bits per heavy atom. The molecule has 1 aromatic heterocycles. The first-order valence-corrected chi connectivity index (χ1v) is 11.1. The third-order valence-corrected chi connectivity index (χ3v) is 5.79. The molecule has 154 valence electrons. The van der Waals surface area contributed by atoms with Crippen LogP contribution in [0, 0.1) is 0 Å². The predicted molar refractivity (Wildman–Crippen MR) is 128 cm³/mol. The molecule has 3 rings (SSSR count). The van der Waals surface area contributed by atoms with Gasteiger partial charge in [-0.25, -0.2) is 0 Å². The average molecular weight is 483 g/mol. The van der Waals surface area contributed by atoms with Crippen LogP contribution in [-0.4, -0.2) is 11.8 Å². The zero-order valence-corrected chi connectivity index (χ0v) is 19.4. The Bertz CT molecular complexity index is 1050. The Morgan fingerprint density at radius 2 is 1.63 bits per heavy atom. The molecule has 0 saturated carbocycles. The van der Waals surface area contributed by atoms with Crippen LogP contribution in [0.4, 0.5) is 5.69 Å². The van der Waals surface area contributed by atoms with Crippen molar-refractivity contribution in [3.05, 3.63) is 92.2 Å². The summed E-state index contributed by atoms with van der Waals surface area (Å²) in [5.74, 6) is -0.713. The van der Waals surface area contributed by atoms with Crippen LogP contribution in [-0.2, 0) is 10.2 Å². The molecule has 0 unspecified atom stereocenters. The summed E-state index contributed by atoms with van der Waals surface area (Å²) in [5.41, 5.74) is 2.47. The first-order valence-electron chi connectivity index (χ1n) is 9.46. The van der Waals surface area contributed by atoms with Crippen LogP contribution in [0.1, 0.15) is 41.6 Å². The van der Waals surface area contributed by atoms with Crippen LogP contribution >= 0.6 is 27.3 Å². The second-order valence-electron chi connectivity index (χ2n) is 7.82. The average Bonchev–Trinajstić information content (AvgIpc) is 3.22. The van der Waals surface area contributed by atoms with Crippen molar-refractivity contribution in [2.75, 3.05) is 5.32 Å². The molecule has 3 aromatic rings. The van der Waals surface area contributed by atoms with E-state index in [4.69, 9.17) is 0 Å². The van der Waals surface area contributed by atoms with Crippen LogP contribution in [0.25, 0.3) is 6.08 Å². The van der Waals surface area contributed by atoms with E-state index in [1.165, 1.54) is 11.3 Å². The summed E-state index contributed by atoms with van der Waals surface area (Å²) >= 11 is 4.87. The molecule has 0 bridgehead atoms. The number of hydrogen-bond donors (Lipinski definition) is 2. The molecular weight excluding hydrogens is 460 g/mol. The van der Waals surface area contributed by atoms with Crippen LogP contribution in [0.5, 0.6) is 0 Å². The lowest BCUT2D eigenvalue weighted by Crippen LogP contribution is -2.30. The molecule has 30 heavy (non-hydrogen) atoms. The molecule has 0 radical (unpaired) electrons. The minimum Gasteiger partial charge on any atom is -0.321 e. The summed E-state index contributed by atoms with van der Waals surface area (Å²) in [6.07, 6.45) is 1.68. The molecule has 2 N–H and O–H groups in total. The fourth-order valence-corrected chi connectivity index (χ4v) is 3.64. The highest BCUT2D eigenvalue weighted by Gasteiger charge is 2.17. The van der Waals surface area contributed by atoms with Crippen molar-refractivity contribution in [2.45, 2.75) is 26.2 Å². The fraction of sp³-hybridized carbons (Fsp3) is 0.167. The normalized spacial score (nSPS) is 11.8. The summed E-state index contributed by atoms with van der Waals surface area (Å²) in [6, 6.07) is 18.5. The predicted octanol–water partition coefficient (Wildman–Crippen LogP) is 6.22. The Labute approximate surface area is 189 Å². The first kappa shape index (κ1) is 22.0. The zero-order chi connectivity index (χ0) is 21.7. The molecule has 0 aliphatic carbocycles. The lowest BCUT2D eigenvalue weighted by Gasteiger charge is -2.19. The molecule has 0 saturated heterocycles. The maximum absolute atomic E-state index is 12.9. The van der Waals surface area contributed by atoms with Crippen LogP contribution in [0.15, 0.2) is 76.2 Å². The number of anilines is 1. The van der Waals surface area contributed by atoms with E-state index >= 15 is 0 Å². The Morgan fingerprint density at radius 3 is 2.20 bits per heavy atom. The van der Waals surface area contributed by atoms with E-state index in [1.807, 2.05) is 41.8 Å². The van der Waals surface area contributed by atoms with E-state index < -0.39 is 0 Å². The Kier molecular flexibility index (Phi) is 6.90. The molecule has 6 heteroatoms. The molecule has 2 amide bonds. The maximum Gasteiger partial charge on any atom is 0.272 e. The summed E-state index contributed by atoms with van der Waals surface area (Å²) < 4.78 is 0.918. The Balaban J connectivity index is 1.81. The topological polar surface area (TPSA) is 58.2 Å². The van der Waals surface area contributed by atoms with Gasteiger partial charge in [-0.05, 0) is 64.9 Å². The van der Waals surface area contributed by atoms with Gasteiger partial charge < -0.3 is 10.6 Å². The van der Waals surface area contributed by atoms with Gasteiger partial charge in [0.25, 0.3) is 11.8 Å². The third kappa shape index (κ3) is 5.90. The molecule has 0 spiro atoms. The van der Waals surface area contributed by atoms with Crippen molar-refractivity contribution < 1.29 is 9.59 Å². The third-order valence-electron chi connectivity index (χ3n) is 4.44. The van der Waals surface area contributed by atoms with Gasteiger partial charge in [0.05, 0.1) is 0 Å². The SMILES string of the molecule is CC(C)(C)c1ccc(C(=O)N/C(=C\c2cccs2)C(=O)Nc2ccc(Br)cc2)cc1. The van der Waals surface area contributed by atoms with E-state index in [0.29, 0.717) is 11.3 Å². The molecule has 1 heterocycles. The van der Waals surface area contributed by atoms with Gasteiger partial charge in [-0.2, -0.15) is 0 Å². The summed E-state index contributed by atoms with van der Waals surface area (Å²) in [4.78, 5) is 26.6. The van der Waals surface area contributed by atoms with Crippen molar-refractivity contribution in [3.63, 3.8) is 0 Å². The highest BCUT2D eigenvalue weighted by molar-refractivity contribution is 9.10.